The molecule has 4 aromatic rings. The van der Waals surface area contributed by atoms with E-state index >= 15 is 0 Å². The number of amides is 1. The minimum Gasteiger partial charge on any atom is -0.507 e. The summed E-state index contributed by atoms with van der Waals surface area (Å²) in [5.74, 6) is -1.44. The molecule has 0 radical (unpaired) electrons. The lowest BCUT2D eigenvalue weighted by Crippen LogP contribution is -2.29. The number of likely N-dealkylation sites (tertiary alicyclic amines) is 1. The second kappa shape index (κ2) is 8.05. The van der Waals surface area contributed by atoms with Crippen molar-refractivity contribution in [2.45, 2.75) is 19.5 Å². The van der Waals surface area contributed by atoms with Gasteiger partial charge in [-0.25, -0.2) is 0 Å². The lowest BCUT2D eigenvalue weighted by Gasteiger charge is -2.25. The number of carbonyl (C=O) groups excluding carboxylic acids is 2. The number of hydrogen-bond acceptors (Lipinski definition) is 5. The Kier molecular flexibility index (Phi) is 5.07. The molecule has 2 aromatic carbocycles. The van der Waals surface area contributed by atoms with Crippen LogP contribution in [0.5, 0.6) is 0 Å². The molecular formula is C26H20N2O3S. The maximum Gasteiger partial charge on any atom is 0.295 e. The third-order valence-electron chi connectivity index (χ3n) is 5.79. The highest BCUT2D eigenvalue weighted by molar-refractivity contribution is 7.10. The van der Waals surface area contributed by atoms with Crippen molar-refractivity contribution in [1.29, 1.82) is 0 Å². The average Bonchev–Trinajstić information content (AvgIpc) is 3.34. The summed E-state index contributed by atoms with van der Waals surface area (Å²) in [6.07, 6.45) is 3.35. The van der Waals surface area contributed by atoms with Gasteiger partial charge in [-0.1, -0.05) is 42.5 Å². The number of benzene rings is 2. The molecule has 158 valence electrons. The van der Waals surface area contributed by atoms with Crippen molar-refractivity contribution in [3.63, 3.8) is 0 Å². The molecule has 0 bridgehead atoms. The largest absolute Gasteiger partial charge is 0.507 e. The predicted molar refractivity (Wildman–Crippen MR) is 125 cm³/mol. The number of nitrogens with zero attached hydrogens (tertiary/aromatic N) is 2. The maximum absolute atomic E-state index is 13.2. The number of aromatic nitrogens is 1. The third kappa shape index (κ3) is 3.39. The molecule has 32 heavy (non-hydrogen) atoms. The number of thiophene rings is 1. The molecule has 5 nitrogen and oxygen atoms in total. The second-order valence-corrected chi connectivity index (χ2v) is 8.77. The van der Waals surface area contributed by atoms with Gasteiger partial charge in [0.25, 0.3) is 11.7 Å². The van der Waals surface area contributed by atoms with Crippen LogP contribution in [0, 0.1) is 6.92 Å². The summed E-state index contributed by atoms with van der Waals surface area (Å²) in [4.78, 5) is 32.8. The zero-order chi connectivity index (χ0) is 22.2. The van der Waals surface area contributed by atoms with E-state index in [9.17, 15) is 14.7 Å². The van der Waals surface area contributed by atoms with Crippen LogP contribution >= 0.6 is 11.3 Å². The van der Waals surface area contributed by atoms with E-state index in [1.165, 1.54) is 16.2 Å². The van der Waals surface area contributed by atoms with Crippen molar-refractivity contribution in [2.24, 2.45) is 0 Å². The third-order valence-corrected chi connectivity index (χ3v) is 6.86. The number of aliphatic hydroxyl groups is 1. The zero-order valence-electron chi connectivity index (χ0n) is 17.4. The minimum atomic E-state index is -0.669. The average molecular weight is 441 g/mol. The highest BCUT2D eigenvalue weighted by atomic mass is 32.1. The molecule has 1 aliphatic rings. The molecule has 6 heteroatoms. The zero-order valence-corrected chi connectivity index (χ0v) is 18.2. The van der Waals surface area contributed by atoms with E-state index in [1.807, 2.05) is 60.8 Å². The number of fused-ring (bicyclic) bond motifs is 1. The van der Waals surface area contributed by atoms with Gasteiger partial charge < -0.3 is 10.0 Å². The monoisotopic (exact) mass is 440 g/mol. The Morgan fingerprint density at radius 1 is 1.06 bits per heavy atom. The Labute approximate surface area is 189 Å². The topological polar surface area (TPSA) is 70.5 Å². The van der Waals surface area contributed by atoms with Crippen molar-refractivity contribution in [3.05, 3.63) is 106 Å². The van der Waals surface area contributed by atoms with Gasteiger partial charge in [0, 0.05) is 29.4 Å². The molecule has 1 saturated heterocycles. The Balaban J connectivity index is 1.67. The molecule has 1 aliphatic heterocycles. The first kappa shape index (κ1) is 20.2. The molecule has 0 saturated carbocycles. The summed E-state index contributed by atoms with van der Waals surface area (Å²) >= 11 is 1.48. The van der Waals surface area contributed by atoms with Crippen molar-refractivity contribution in [2.75, 3.05) is 0 Å². The van der Waals surface area contributed by atoms with Crippen LogP contribution in [-0.4, -0.2) is 26.7 Å². The lowest BCUT2D eigenvalue weighted by atomic mass is 9.97. The number of rotatable bonds is 4. The Hall–Kier alpha value is -3.77. The van der Waals surface area contributed by atoms with Crippen LogP contribution in [0.4, 0.5) is 0 Å². The van der Waals surface area contributed by atoms with Crippen LogP contribution in [0.15, 0.2) is 84.0 Å². The van der Waals surface area contributed by atoms with E-state index in [4.69, 9.17) is 0 Å². The summed E-state index contributed by atoms with van der Waals surface area (Å²) in [6, 6.07) is 18.3. The van der Waals surface area contributed by atoms with E-state index in [2.05, 4.69) is 4.98 Å². The molecule has 3 heterocycles. The fourth-order valence-electron chi connectivity index (χ4n) is 4.16. The summed E-state index contributed by atoms with van der Waals surface area (Å²) < 4.78 is 0. The molecule has 1 fully saturated rings. The van der Waals surface area contributed by atoms with Gasteiger partial charge in [-0.15, -0.1) is 11.3 Å². The summed E-state index contributed by atoms with van der Waals surface area (Å²) in [5.41, 5.74) is 2.43. The van der Waals surface area contributed by atoms with E-state index in [0.717, 1.165) is 26.8 Å². The van der Waals surface area contributed by atoms with Crippen molar-refractivity contribution in [3.8, 4) is 0 Å². The standard InChI is InChI=1S/C26H20N2O3S/c1-16-10-12-32-25(16)22-21(23(29)20-9-8-18-6-2-3-7-19(18)13-20)24(30)26(31)28(22)15-17-5-4-11-27-14-17/h2-14,22,29H,15H2,1H3/b23-21-. The molecular weight excluding hydrogens is 420 g/mol. The maximum atomic E-state index is 13.2. The first-order valence-corrected chi connectivity index (χ1v) is 11.1. The van der Waals surface area contributed by atoms with Gasteiger partial charge in [0.2, 0.25) is 0 Å². The number of Topliss-reactive ketones (excluding diaryl/α,β-unsaturated/α-hetero) is 1. The second-order valence-electron chi connectivity index (χ2n) is 7.82. The molecule has 5 rings (SSSR count). The lowest BCUT2D eigenvalue weighted by molar-refractivity contribution is -0.140. The minimum absolute atomic E-state index is 0.125. The molecule has 1 unspecified atom stereocenters. The smallest absolute Gasteiger partial charge is 0.295 e. The quantitative estimate of drug-likeness (QED) is 0.268. The fourth-order valence-corrected chi connectivity index (χ4v) is 5.21. The van der Waals surface area contributed by atoms with Gasteiger partial charge >= 0.3 is 0 Å². The molecule has 1 amide bonds. The van der Waals surface area contributed by atoms with E-state index in [-0.39, 0.29) is 17.9 Å². The van der Waals surface area contributed by atoms with E-state index < -0.39 is 17.7 Å². The van der Waals surface area contributed by atoms with Crippen LogP contribution in [0.2, 0.25) is 0 Å². The molecule has 0 spiro atoms. The molecule has 1 atom stereocenters. The first-order valence-electron chi connectivity index (χ1n) is 10.2. The summed E-state index contributed by atoms with van der Waals surface area (Å²) in [6.45, 7) is 2.18. The first-order chi connectivity index (χ1) is 15.5. The van der Waals surface area contributed by atoms with Gasteiger partial charge in [-0.05, 0) is 52.4 Å². The van der Waals surface area contributed by atoms with Gasteiger partial charge in [0.1, 0.15) is 11.8 Å². The number of ketones is 1. The van der Waals surface area contributed by atoms with E-state index in [0.29, 0.717) is 5.56 Å². The molecule has 0 aliphatic carbocycles. The Bertz CT molecular complexity index is 1370. The summed E-state index contributed by atoms with van der Waals surface area (Å²) in [7, 11) is 0. The van der Waals surface area contributed by atoms with Crippen molar-refractivity contribution < 1.29 is 14.7 Å². The Morgan fingerprint density at radius 2 is 1.88 bits per heavy atom. The number of aryl methyl sites for hydroxylation is 1. The van der Waals surface area contributed by atoms with Crippen LogP contribution < -0.4 is 0 Å². The SMILES string of the molecule is Cc1ccsc1C1/C(=C(/O)c2ccc3ccccc3c2)C(=O)C(=O)N1Cc1cccnc1. The number of carbonyl (C=O) groups is 2. The van der Waals surface area contributed by atoms with Crippen LogP contribution in [0.25, 0.3) is 16.5 Å². The van der Waals surface area contributed by atoms with Crippen LogP contribution in [0.3, 0.4) is 0 Å². The number of aliphatic hydroxyl groups excluding tert-OH is 1. The van der Waals surface area contributed by atoms with Gasteiger partial charge in [0.05, 0.1) is 5.57 Å². The molecule has 2 aromatic heterocycles. The van der Waals surface area contributed by atoms with Crippen LogP contribution in [-0.2, 0) is 16.1 Å². The predicted octanol–water partition coefficient (Wildman–Crippen LogP) is 5.23. The normalized spacial score (nSPS) is 17.9. The van der Waals surface area contributed by atoms with Gasteiger partial charge in [-0.3, -0.25) is 14.6 Å². The number of hydrogen-bond donors (Lipinski definition) is 1. The van der Waals surface area contributed by atoms with Crippen molar-refractivity contribution in [1.82, 2.24) is 9.88 Å². The van der Waals surface area contributed by atoms with E-state index in [1.54, 1.807) is 24.5 Å². The van der Waals surface area contributed by atoms with Gasteiger partial charge in [-0.2, -0.15) is 0 Å². The van der Waals surface area contributed by atoms with Crippen molar-refractivity contribution >= 4 is 39.6 Å². The van der Waals surface area contributed by atoms with Gasteiger partial charge in [0.15, 0.2) is 0 Å². The Morgan fingerprint density at radius 3 is 2.59 bits per heavy atom. The molecule has 1 N–H and O–H groups in total. The van der Waals surface area contributed by atoms with Crippen LogP contribution in [0.1, 0.15) is 27.6 Å². The summed E-state index contributed by atoms with van der Waals surface area (Å²) in [5, 5.41) is 15.2. The highest BCUT2D eigenvalue weighted by Crippen LogP contribution is 2.43. The highest BCUT2D eigenvalue weighted by Gasteiger charge is 2.47. The fraction of sp³-hybridized carbons (Fsp3) is 0.115. The number of pyridine rings is 1.